The first-order valence-electron chi connectivity index (χ1n) is 8.54. The highest BCUT2D eigenvalue weighted by molar-refractivity contribution is 9.09. The van der Waals surface area contributed by atoms with Gasteiger partial charge in [-0.2, -0.15) is 0 Å². The molecule has 3 heteroatoms. The van der Waals surface area contributed by atoms with Gasteiger partial charge in [-0.25, -0.2) is 0 Å². The predicted molar refractivity (Wildman–Crippen MR) is 102 cm³/mol. The van der Waals surface area contributed by atoms with Crippen LogP contribution in [0.4, 0.5) is 0 Å². The van der Waals surface area contributed by atoms with E-state index in [4.69, 9.17) is 9.47 Å². The number of fused-ring (bicyclic) bond motifs is 1. The van der Waals surface area contributed by atoms with Gasteiger partial charge in [0.15, 0.2) is 0 Å². The first-order chi connectivity index (χ1) is 11.2. The Balaban J connectivity index is 2.27. The van der Waals surface area contributed by atoms with E-state index in [0.717, 1.165) is 59.9 Å². The summed E-state index contributed by atoms with van der Waals surface area (Å²) in [4.78, 5) is 0. The van der Waals surface area contributed by atoms with Gasteiger partial charge in [0.25, 0.3) is 0 Å². The normalized spacial score (nSPS) is 12.3. The molecule has 0 saturated carbocycles. The molecule has 0 bridgehead atoms. The monoisotopic (exact) mass is 378 g/mol. The summed E-state index contributed by atoms with van der Waals surface area (Å²) in [6.45, 7) is 7.19. The van der Waals surface area contributed by atoms with E-state index in [1.54, 1.807) is 0 Å². The number of rotatable bonds is 9. The Morgan fingerprint density at radius 2 is 1.83 bits per heavy atom. The van der Waals surface area contributed by atoms with Gasteiger partial charge in [-0.3, -0.25) is 0 Å². The summed E-state index contributed by atoms with van der Waals surface area (Å²) < 4.78 is 12.2. The van der Waals surface area contributed by atoms with Crippen molar-refractivity contribution in [3.8, 4) is 11.5 Å². The Hall–Kier alpha value is -1.22. The average Bonchev–Trinajstić information content (AvgIpc) is 2.55. The molecule has 0 aliphatic rings. The molecule has 0 radical (unpaired) electrons. The van der Waals surface area contributed by atoms with Crippen molar-refractivity contribution in [2.75, 3.05) is 11.9 Å². The molecule has 0 aliphatic carbocycles. The van der Waals surface area contributed by atoms with Crippen LogP contribution in [0.3, 0.4) is 0 Å². The minimum atomic E-state index is 0.211. The van der Waals surface area contributed by atoms with Crippen LogP contribution in [0.2, 0.25) is 0 Å². The van der Waals surface area contributed by atoms with E-state index in [2.05, 4.69) is 54.9 Å². The molecule has 2 aromatic carbocycles. The minimum absolute atomic E-state index is 0.211. The molecule has 23 heavy (non-hydrogen) atoms. The van der Waals surface area contributed by atoms with Gasteiger partial charge in [-0.1, -0.05) is 47.0 Å². The van der Waals surface area contributed by atoms with Crippen LogP contribution < -0.4 is 9.47 Å². The molecule has 0 fully saturated rings. The topological polar surface area (TPSA) is 18.5 Å². The maximum Gasteiger partial charge on any atom is 0.127 e. The lowest BCUT2D eigenvalue weighted by atomic mass is 10.1. The molecule has 0 saturated heterocycles. The summed E-state index contributed by atoms with van der Waals surface area (Å²) >= 11 is 3.48. The van der Waals surface area contributed by atoms with Crippen molar-refractivity contribution in [1.29, 1.82) is 0 Å². The number of alkyl halides is 1. The van der Waals surface area contributed by atoms with Crippen LogP contribution in [-0.2, 0) is 0 Å². The van der Waals surface area contributed by atoms with E-state index in [1.807, 2.05) is 12.1 Å². The molecule has 126 valence electrons. The Bertz CT molecular complexity index is 624. The molecule has 1 atom stereocenters. The van der Waals surface area contributed by atoms with Gasteiger partial charge in [-0.05, 0) is 51.3 Å². The second-order valence-corrected chi connectivity index (χ2v) is 6.87. The van der Waals surface area contributed by atoms with Crippen LogP contribution in [0.15, 0.2) is 30.3 Å². The number of benzene rings is 2. The van der Waals surface area contributed by atoms with Gasteiger partial charge < -0.3 is 9.47 Å². The van der Waals surface area contributed by atoms with Crippen LogP contribution in [0.1, 0.15) is 45.1 Å². The maximum atomic E-state index is 6.19. The standard InChI is InChI=1S/C20H27BrO2/c1-4-5-13-22-19-10-11-20(23-16(3)7-6-12-21)18-14-15(2)8-9-17(18)19/h8-11,14,16H,4-7,12-13H2,1-3H3. The highest BCUT2D eigenvalue weighted by Gasteiger charge is 2.11. The Morgan fingerprint density at radius 1 is 1.04 bits per heavy atom. The van der Waals surface area contributed by atoms with E-state index >= 15 is 0 Å². The Labute approximate surface area is 148 Å². The van der Waals surface area contributed by atoms with Gasteiger partial charge in [0, 0.05) is 16.1 Å². The van der Waals surface area contributed by atoms with Crippen molar-refractivity contribution in [1.82, 2.24) is 0 Å². The van der Waals surface area contributed by atoms with E-state index in [9.17, 15) is 0 Å². The molecule has 0 N–H and O–H groups in total. The van der Waals surface area contributed by atoms with Gasteiger partial charge in [-0.15, -0.1) is 0 Å². The fraction of sp³-hybridized carbons (Fsp3) is 0.500. The molecule has 0 amide bonds. The SMILES string of the molecule is CCCCOc1ccc(OC(C)CCCBr)c2cc(C)ccc12. The summed E-state index contributed by atoms with van der Waals surface area (Å²) in [5.41, 5.74) is 1.24. The molecule has 2 nitrogen and oxygen atoms in total. The van der Waals surface area contributed by atoms with Crippen molar-refractivity contribution in [3.63, 3.8) is 0 Å². The quantitative estimate of drug-likeness (QED) is 0.378. The zero-order valence-electron chi connectivity index (χ0n) is 14.4. The van der Waals surface area contributed by atoms with Crippen molar-refractivity contribution in [3.05, 3.63) is 35.9 Å². The van der Waals surface area contributed by atoms with Gasteiger partial charge in [0.2, 0.25) is 0 Å². The third-order valence-corrected chi connectivity index (χ3v) is 4.48. The maximum absolute atomic E-state index is 6.19. The highest BCUT2D eigenvalue weighted by atomic mass is 79.9. The van der Waals surface area contributed by atoms with Gasteiger partial charge in [0.05, 0.1) is 12.7 Å². The number of hydrogen-bond donors (Lipinski definition) is 0. The van der Waals surface area contributed by atoms with Crippen LogP contribution >= 0.6 is 15.9 Å². The van der Waals surface area contributed by atoms with Crippen LogP contribution in [0.25, 0.3) is 10.8 Å². The van der Waals surface area contributed by atoms with Crippen molar-refractivity contribution >= 4 is 26.7 Å². The minimum Gasteiger partial charge on any atom is -0.493 e. The Kier molecular flexibility index (Phi) is 7.22. The fourth-order valence-corrected chi connectivity index (χ4v) is 2.93. The Morgan fingerprint density at radius 3 is 2.57 bits per heavy atom. The lowest BCUT2D eigenvalue weighted by molar-refractivity contribution is 0.213. The first kappa shape index (κ1) is 18.1. The van der Waals surface area contributed by atoms with E-state index in [-0.39, 0.29) is 6.10 Å². The molecular weight excluding hydrogens is 352 g/mol. The number of halogens is 1. The van der Waals surface area contributed by atoms with Gasteiger partial charge >= 0.3 is 0 Å². The van der Waals surface area contributed by atoms with Crippen LogP contribution in [0, 0.1) is 6.92 Å². The lowest BCUT2D eigenvalue weighted by Gasteiger charge is -2.18. The van der Waals surface area contributed by atoms with E-state index in [1.165, 1.54) is 5.56 Å². The fourth-order valence-electron chi connectivity index (χ4n) is 2.60. The molecular formula is C20H27BrO2. The second-order valence-electron chi connectivity index (χ2n) is 6.07. The summed E-state index contributed by atoms with van der Waals surface area (Å²) in [6.07, 6.45) is 4.60. The zero-order chi connectivity index (χ0) is 16.7. The summed E-state index contributed by atoms with van der Waals surface area (Å²) in [6, 6.07) is 10.6. The molecule has 1 unspecified atom stereocenters. The second kappa shape index (κ2) is 9.17. The summed E-state index contributed by atoms with van der Waals surface area (Å²) in [7, 11) is 0. The molecule has 0 spiro atoms. The molecule has 2 aromatic rings. The van der Waals surface area contributed by atoms with Crippen molar-refractivity contribution in [2.45, 2.75) is 52.6 Å². The smallest absolute Gasteiger partial charge is 0.127 e. The molecule has 0 aliphatic heterocycles. The third-order valence-electron chi connectivity index (χ3n) is 3.92. The number of ether oxygens (including phenoxy) is 2. The van der Waals surface area contributed by atoms with Crippen molar-refractivity contribution < 1.29 is 9.47 Å². The number of unbranched alkanes of at least 4 members (excludes halogenated alkanes) is 1. The largest absolute Gasteiger partial charge is 0.493 e. The highest BCUT2D eigenvalue weighted by Crippen LogP contribution is 2.34. The molecule has 0 aromatic heterocycles. The first-order valence-corrected chi connectivity index (χ1v) is 9.66. The molecule has 0 heterocycles. The van der Waals surface area contributed by atoms with Crippen molar-refractivity contribution in [2.24, 2.45) is 0 Å². The van der Waals surface area contributed by atoms with E-state index in [0.29, 0.717) is 0 Å². The predicted octanol–water partition coefficient (Wildman–Crippen LogP) is 6.27. The third kappa shape index (κ3) is 5.13. The van der Waals surface area contributed by atoms with Crippen LogP contribution in [-0.4, -0.2) is 18.0 Å². The van der Waals surface area contributed by atoms with Crippen LogP contribution in [0.5, 0.6) is 11.5 Å². The lowest BCUT2D eigenvalue weighted by Crippen LogP contribution is -2.12. The van der Waals surface area contributed by atoms with Gasteiger partial charge in [0.1, 0.15) is 11.5 Å². The molecule has 2 rings (SSSR count). The summed E-state index contributed by atoms with van der Waals surface area (Å²) in [5.74, 6) is 1.91. The number of aryl methyl sites for hydroxylation is 1. The number of hydrogen-bond acceptors (Lipinski definition) is 2. The van der Waals surface area contributed by atoms with E-state index < -0.39 is 0 Å². The zero-order valence-corrected chi connectivity index (χ0v) is 16.0. The average molecular weight is 379 g/mol. The summed E-state index contributed by atoms with van der Waals surface area (Å²) in [5, 5.41) is 3.30.